The van der Waals surface area contributed by atoms with Crippen molar-refractivity contribution in [2.45, 2.75) is 13.5 Å². The van der Waals surface area contributed by atoms with Crippen LogP contribution in [0.15, 0.2) is 30.3 Å². The maximum atomic E-state index is 6.20. The van der Waals surface area contributed by atoms with Crippen molar-refractivity contribution in [1.82, 2.24) is 4.98 Å². The number of benzene rings is 1. The van der Waals surface area contributed by atoms with E-state index >= 15 is 0 Å². The van der Waals surface area contributed by atoms with Gasteiger partial charge in [0.05, 0.1) is 28.0 Å². The summed E-state index contributed by atoms with van der Waals surface area (Å²) in [5.41, 5.74) is 8.97. The molecule has 1 aromatic carbocycles. The Morgan fingerprint density at radius 2 is 1.84 bits per heavy atom. The number of anilines is 2. The Morgan fingerprint density at radius 1 is 1.21 bits per heavy atom. The molecule has 2 rings (SSSR count). The molecule has 0 aliphatic rings. The average molecular weight is 296 g/mol. The lowest BCUT2D eigenvalue weighted by Crippen LogP contribution is -2.18. The number of nitrogen functional groups attached to an aromatic ring is 1. The second kappa shape index (κ2) is 5.68. The van der Waals surface area contributed by atoms with Crippen molar-refractivity contribution >= 4 is 34.6 Å². The summed E-state index contributed by atoms with van der Waals surface area (Å²) < 4.78 is 0. The lowest BCUT2D eigenvalue weighted by molar-refractivity contribution is 0.877. The van der Waals surface area contributed by atoms with Crippen molar-refractivity contribution in [3.8, 4) is 0 Å². The normalized spacial score (nSPS) is 10.5. The third-order valence-electron chi connectivity index (χ3n) is 2.77. The molecular formula is C14H15Cl2N3. The molecule has 0 amide bonds. The second-order valence-electron chi connectivity index (χ2n) is 4.46. The first-order valence-electron chi connectivity index (χ1n) is 5.85. The van der Waals surface area contributed by atoms with Crippen LogP contribution in [0.25, 0.3) is 0 Å². The number of hydrogen-bond donors (Lipinski definition) is 1. The minimum atomic E-state index is 0.542. The molecule has 0 aliphatic carbocycles. The molecule has 1 heterocycles. The van der Waals surface area contributed by atoms with Crippen LogP contribution in [0.2, 0.25) is 10.0 Å². The summed E-state index contributed by atoms with van der Waals surface area (Å²) in [6.07, 6.45) is 0. The number of hydrogen-bond acceptors (Lipinski definition) is 3. The third kappa shape index (κ3) is 3.31. The molecule has 1 aromatic heterocycles. The summed E-state index contributed by atoms with van der Waals surface area (Å²) in [5.74, 6) is 0. The van der Waals surface area contributed by atoms with E-state index in [1.807, 2.05) is 37.1 Å². The maximum Gasteiger partial charge on any atom is 0.0747 e. The highest BCUT2D eigenvalue weighted by Gasteiger charge is 2.12. The molecule has 2 aromatic rings. The average Bonchev–Trinajstić information content (AvgIpc) is 2.27. The fraction of sp³-hybridized carbons (Fsp3) is 0.214. The zero-order valence-corrected chi connectivity index (χ0v) is 12.3. The van der Waals surface area contributed by atoms with Crippen molar-refractivity contribution in [1.29, 1.82) is 0 Å². The van der Waals surface area contributed by atoms with E-state index in [4.69, 9.17) is 28.9 Å². The fourth-order valence-electron chi connectivity index (χ4n) is 1.96. The Kier molecular flexibility index (Phi) is 4.17. The Balaban J connectivity index is 2.28. The molecule has 3 nitrogen and oxygen atoms in total. The monoisotopic (exact) mass is 295 g/mol. The minimum Gasteiger partial charge on any atom is -0.399 e. The van der Waals surface area contributed by atoms with E-state index in [1.165, 1.54) is 0 Å². The molecule has 0 saturated carbocycles. The summed E-state index contributed by atoms with van der Waals surface area (Å²) in [6.45, 7) is 2.59. The summed E-state index contributed by atoms with van der Waals surface area (Å²) in [7, 11) is 1.92. The second-order valence-corrected chi connectivity index (χ2v) is 5.27. The van der Waals surface area contributed by atoms with E-state index in [0.29, 0.717) is 22.3 Å². The summed E-state index contributed by atoms with van der Waals surface area (Å²) in [4.78, 5) is 6.43. The molecule has 0 radical (unpaired) electrons. The highest BCUT2D eigenvalue weighted by molar-refractivity contribution is 6.39. The quantitative estimate of drug-likeness (QED) is 0.873. The molecular weight excluding hydrogens is 281 g/mol. The first-order chi connectivity index (χ1) is 8.97. The molecule has 0 aliphatic heterocycles. The zero-order chi connectivity index (χ0) is 14.0. The van der Waals surface area contributed by atoms with Gasteiger partial charge in [0.15, 0.2) is 0 Å². The van der Waals surface area contributed by atoms with Gasteiger partial charge in [-0.1, -0.05) is 29.3 Å². The predicted molar refractivity (Wildman–Crippen MR) is 82.0 cm³/mol. The number of aryl methyl sites for hydroxylation is 1. The lowest BCUT2D eigenvalue weighted by atomic mass is 10.2. The Morgan fingerprint density at radius 3 is 2.42 bits per heavy atom. The number of nitrogens with two attached hydrogens (primary N) is 1. The fourth-order valence-corrected chi connectivity index (χ4v) is 2.75. The van der Waals surface area contributed by atoms with Crippen LogP contribution in [0.5, 0.6) is 0 Å². The van der Waals surface area contributed by atoms with Crippen molar-refractivity contribution in [3.63, 3.8) is 0 Å². The summed E-state index contributed by atoms with van der Waals surface area (Å²) >= 11 is 12.4. The van der Waals surface area contributed by atoms with Gasteiger partial charge in [0.2, 0.25) is 0 Å². The molecule has 5 heteroatoms. The van der Waals surface area contributed by atoms with Gasteiger partial charge in [-0.3, -0.25) is 4.98 Å². The van der Waals surface area contributed by atoms with Gasteiger partial charge in [0.1, 0.15) is 0 Å². The van der Waals surface area contributed by atoms with Crippen LogP contribution in [-0.2, 0) is 6.54 Å². The van der Waals surface area contributed by atoms with Crippen LogP contribution in [0, 0.1) is 6.92 Å². The lowest BCUT2D eigenvalue weighted by Gasteiger charge is -2.22. The van der Waals surface area contributed by atoms with Crippen LogP contribution in [-0.4, -0.2) is 12.0 Å². The Labute approximate surface area is 123 Å². The zero-order valence-electron chi connectivity index (χ0n) is 10.8. The van der Waals surface area contributed by atoms with E-state index in [0.717, 1.165) is 17.1 Å². The molecule has 0 saturated heterocycles. The molecule has 19 heavy (non-hydrogen) atoms. The molecule has 0 spiro atoms. The van der Waals surface area contributed by atoms with Crippen molar-refractivity contribution in [2.24, 2.45) is 0 Å². The van der Waals surface area contributed by atoms with E-state index in [9.17, 15) is 0 Å². The van der Waals surface area contributed by atoms with Crippen molar-refractivity contribution in [3.05, 3.63) is 51.8 Å². The standard InChI is InChI=1S/C14H15Cl2N3/c1-9-4-3-5-11(18-9)8-19(2)14-12(15)6-10(17)7-13(14)16/h3-7H,8,17H2,1-2H3. The van der Waals surface area contributed by atoms with E-state index in [-0.39, 0.29) is 0 Å². The third-order valence-corrected chi connectivity index (χ3v) is 3.34. The molecule has 0 atom stereocenters. The van der Waals surface area contributed by atoms with Gasteiger partial charge in [0.25, 0.3) is 0 Å². The number of halogens is 2. The van der Waals surface area contributed by atoms with Gasteiger partial charge in [0, 0.05) is 18.4 Å². The molecule has 0 fully saturated rings. The molecule has 2 N–H and O–H groups in total. The van der Waals surface area contributed by atoms with Gasteiger partial charge in [-0.25, -0.2) is 0 Å². The topological polar surface area (TPSA) is 42.1 Å². The Hall–Kier alpha value is -1.45. The van der Waals surface area contributed by atoms with Crippen LogP contribution in [0.1, 0.15) is 11.4 Å². The number of rotatable bonds is 3. The van der Waals surface area contributed by atoms with Gasteiger partial charge in [-0.15, -0.1) is 0 Å². The van der Waals surface area contributed by atoms with Crippen molar-refractivity contribution in [2.75, 3.05) is 17.7 Å². The largest absolute Gasteiger partial charge is 0.399 e. The van der Waals surface area contributed by atoms with Gasteiger partial charge in [-0.05, 0) is 31.2 Å². The van der Waals surface area contributed by atoms with Crippen LogP contribution in [0.4, 0.5) is 11.4 Å². The Bertz CT molecular complexity index is 576. The maximum absolute atomic E-state index is 6.20. The highest BCUT2D eigenvalue weighted by atomic mass is 35.5. The van der Waals surface area contributed by atoms with Gasteiger partial charge >= 0.3 is 0 Å². The van der Waals surface area contributed by atoms with Gasteiger partial charge in [-0.2, -0.15) is 0 Å². The number of pyridine rings is 1. The summed E-state index contributed by atoms with van der Waals surface area (Å²) in [6, 6.07) is 9.32. The van der Waals surface area contributed by atoms with Crippen molar-refractivity contribution < 1.29 is 0 Å². The van der Waals surface area contributed by atoms with E-state index < -0.39 is 0 Å². The van der Waals surface area contributed by atoms with E-state index in [2.05, 4.69) is 4.98 Å². The summed E-state index contributed by atoms with van der Waals surface area (Å²) in [5, 5.41) is 1.08. The highest BCUT2D eigenvalue weighted by Crippen LogP contribution is 2.35. The van der Waals surface area contributed by atoms with Crippen LogP contribution >= 0.6 is 23.2 Å². The minimum absolute atomic E-state index is 0.542. The molecule has 0 bridgehead atoms. The molecule has 100 valence electrons. The first-order valence-corrected chi connectivity index (χ1v) is 6.61. The smallest absolute Gasteiger partial charge is 0.0747 e. The first kappa shape index (κ1) is 14.0. The molecule has 0 unspecified atom stereocenters. The van der Waals surface area contributed by atoms with Crippen LogP contribution < -0.4 is 10.6 Å². The van der Waals surface area contributed by atoms with Crippen LogP contribution in [0.3, 0.4) is 0 Å². The van der Waals surface area contributed by atoms with Gasteiger partial charge < -0.3 is 10.6 Å². The predicted octanol–water partition coefficient (Wildman–Crippen LogP) is 3.92. The number of aromatic nitrogens is 1. The van der Waals surface area contributed by atoms with E-state index in [1.54, 1.807) is 12.1 Å². The number of nitrogens with zero attached hydrogens (tertiary/aromatic N) is 2. The SMILES string of the molecule is Cc1cccc(CN(C)c2c(Cl)cc(N)cc2Cl)n1.